The quantitative estimate of drug-likeness (QED) is 0.274. The number of nitrogens with zero attached hydrogens (tertiary/aromatic N) is 4. The van der Waals surface area contributed by atoms with Gasteiger partial charge in [-0.15, -0.1) is 0 Å². The number of rotatable bonds is 11. The molecule has 0 radical (unpaired) electrons. The van der Waals surface area contributed by atoms with Crippen molar-refractivity contribution in [3.63, 3.8) is 0 Å². The van der Waals surface area contributed by atoms with Gasteiger partial charge in [-0.25, -0.2) is 4.98 Å². The molecular formula is C24H30N6O2. The number of benzene rings is 1. The van der Waals surface area contributed by atoms with Gasteiger partial charge in [-0.1, -0.05) is 18.2 Å². The van der Waals surface area contributed by atoms with E-state index >= 15 is 0 Å². The van der Waals surface area contributed by atoms with Crippen LogP contribution in [-0.2, 0) is 12.8 Å². The van der Waals surface area contributed by atoms with Crippen molar-refractivity contribution in [3.8, 4) is 5.75 Å². The summed E-state index contributed by atoms with van der Waals surface area (Å²) in [5, 5.41) is 0. The molecule has 0 aliphatic carbocycles. The Morgan fingerprint density at radius 3 is 2.72 bits per heavy atom. The molecule has 8 nitrogen and oxygen atoms in total. The molecule has 2 heterocycles. The zero-order valence-corrected chi connectivity index (χ0v) is 18.4. The van der Waals surface area contributed by atoms with Gasteiger partial charge in [0.15, 0.2) is 5.96 Å². The average Bonchev–Trinajstić information content (AvgIpc) is 3.36. The van der Waals surface area contributed by atoms with Gasteiger partial charge < -0.3 is 15.5 Å². The number of aromatic amines is 1. The van der Waals surface area contributed by atoms with Gasteiger partial charge in [-0.05, 0) is 56.4 Å². The number of aliphatic imine (C=N–C) groups is 1. The van der Waals surface area contributed by atoms with Gasteiger partial charge in [0, 0.05) is 36.7 Å². The zero-order chi connectivity index (χ0) is 22.6. The van der Waals surface area contributed by atoms with Crippen LogP contribution in [0.1, 0.15) is 41.0 Å². The summed E-state index contributed by atoms with van der Waals surface area (Å²) in [5.41, 5.74) is 8.82. The summed E-state index contributed by atoms with van der Waals surface area (Å²) in [4.78, 5) is 30.6. The maximum Gasteiger partial charge on any atom is 0.260 e. The number of aryl methyl sites for hydroxylation is 2. The number of unbranched alkanes of at least 4 members (excludes halogenated alkanes) is 1. The standard InChI is InChI=1S/C24H30N6O2/c1-32-22-13-8-14-27-21(22)12-5-6-16-30(23(31)19-9-3-2-4-10-19)24(25)28-15-7-11-20-17-26-18-29-20/h2-4,8-10,13-14,17-18H,5-7,11-12,15-16H2,1H3,(H2,25,28)(H,26,29). The van der Waals surface area contributed by atoms with Gasteiger partial charge in [-0.2, -0.15) is 0 Å². The van der Waals surface area contributed by atoms with Crippen LogP contribution < -0.4 is 10.5 Å². The number of nitrogens with two attached hydrogens (primary N) is 1. The van der Waals surface area contributed by atoms with Crippen molar-refractivity contribution in [2.24, 2.45) is 10.7 Å². The number of H-pyrrole nitrogens is 1. The number of amides is 1. The lowest BCUT2D eigenvalue weighted by Crippen LogP contribution is -2.42. The highest BCUT2D eigenvalue weighted by molar-refractivity contribution is 6.05. The summed E-state index contributed by atoms with van der Waals surface area (Å²) in [7, 11) is 1.64. The fraction of sp³-hybridized carbons (Fsp3) is 0.333. The maximum absolute atomic E-state index is 13.1. The summed E-state index contributed by atoms with van der Waals surface area (Å²) >= 11 is 0. The number of hydrogen-bond acceptors (Lipinski definition) is 5. The number of nitrogens with one attached hydrogen (secondary N) is 1. The predicted molar refractivity (Wildman–Crippen MR) is 125 cm³/mol. The Kier molecular flexibility index (Phi) is 8.80. The third-order valence-corrected chi connectivity index (χ3v) is 5.09. The van der Waals surface area contributed by atoms with Crippen molar-refractivity contribution in [1.29, 1.82) is 0 Å². The van der Waals surface area contributed by atoms with Gasteiger partial charge in [0.25, 0.3) is 5.91 Å². The average molecular weight is 435 g/mol. The maximum atomic E-state index is 13.1. The first-order valence-corrected chi connectivity index (χ1v) is 10.8. The van der Waals surface area contributed by atoms with Crippen LogP contribution in [0.2, 0.25) is 0 Å². The Labute approximate surface area is 188 Å². The first-order chi connectivity index (χ1) is 15.7. The molecule has 32 heavy (non-hydrogen) atoms. The van der Waals surface area contributed by atoms with E-state index in [0.29, 0.717) is 18.7 Å². The minimum Gasteiger partial charge on any atom is -0.495 e. The molecule has 0 atom stereocenters. The molecule has 0 bridgehead atoms. The smallest absolute Gasteiger partial charge is 0.260 e. The topological polar surface area (TPSA) is 109 Å². The van der Waals surface area contributed by atoms with Crippen LogP contribution >= 0.6 is 0 Å². The molecule has 0 unspecified atom stereocenters. The summed E-state index contributed by atoms with van der Waals surface area (Å²) in [6.45, 7) is 1.02. The predicted octanol–water partition coefficient (Wildman–Crippen LogP) is 3.23. The normalized spacial score (nSPS) is 11.3. The summed E-state index contributed by atoms with van der Waals surface area (Å²) < 4.78 is 5.37. The number of hydrogen-bond donors (Lipinski definition) is 2. The van der Waals surface area contributed by atoms with Crippen molar-refractivity contribution in [2.75, 3.05) is 20.2 Å². The second-order valence-corrected chi connectivity index (χ2v) is 7.35. The Hall–Kier alpha value is -3.68. The molecule has 0 aliphatic heterocycles. The van der Waals surface area contributed by atoms with E-state index in [-0.39, 0.29) is 11.9 Å². The molecule has 2 aromatic heterocycles. The minimum atomic E-state index is -0.143. The highest BCUT2D eigenvalue weighted by Crippen LogP contribution is 2.17. The van der Waals surface area contributed by atoms with Crippen LogP contribution in [0.15, 0.2) is 66.2 Å². The second-order valence-electron chi connectivity index (χ2n) is 7.35. The van der Waals surface area contributed by atoms with Gasteiger partial charge in [0.1, 0.15) is 5.75 Å². The lowest BCUT2D eigenvalue weighted by molar-refractivity contribution is 0.0843. The lowest BCUT2D eigenvalue weighted by atomic mass is 10.1. The van der Waals surface area contributed by atoms with E-state index in [1.54, 1.807) is 42.9 Å². The molecule has 8 heteroatoms. The zero-order valence-electron chi connectivity index (χ0n) is 18.4. The first-order valence-electron chi connectivity index (χ1n) is 10.8. The van der Waals surface area contributed by atoms with Crippen LogP contribution in [0.25, 0.3) is 0 Å². The fourth-order valence-electron chi connectivity index (χ4n) is 3.39. The number of guanidine groups is 1. The molecule has 168 valence electrons. The largest absolute Gasteiger partial charge is 0.495 e. The van der Waals surface area contributed by atoms with Crippen LogP contribution in [-0.4, -0.2) is 51.9 Å². The molecular weight excluding hydrogens is 404 g/mol. The highest BCUT2D eigenvalue weighted by atomic mass is 16.5. The first kappa shape index (κ1) is 23.0. The number of methoxy groups -OCH3 is 1. The molecule has 0 fully saturated rings. The SMILES string of the molecule is COc1cccnc1CCCCN(C(=O)c1ccccc1)C(N)=NCCCc1cnc[nH]1. The summed E-state index contributed by atoms with van der Waals surface area (Å²) in [5.74, 6) is 0.887. The van der Waals surface area contributed by atoms with E-state index < -0.39 is 0 Å². The number of aromatic nitrogens is 3. The number of carbonyl (C=O) groups excluding carboxylic acids is 1. The van der Waals surface area contributed by atoms with E-state index in [0.717, 1.165) is 49.2 Å². The Balaban J connectivity index is 1.59. The Morgan fingerprint density at radius 1 is 1.12 bits per heavy atom. The van der Waals surface area contributed by atoms with Crippen LogP contribution in [0.3, 0.4) is 0 Å². The Bertz CT molecular complexity index is 989. The molecule has 0 saturated heterocycles. The van der Waals surface area contributed by atoms with E-state index in [2.05, 4.69) is 19.9 Å². The molecule has 1 amide bonds. The molecule has 3 rings (SSSR count). The van der Waals surface area contributed by atoms with Gasteiger partial charge in [-0.3, -0.25) is 19.7 Å². The molecule has 3 aromatic rings. The fourth-order valence-corrected chi connectivity index (χ4v) is 3.39. The van der Waals surface area contributed by atoms with Crippen molar-refractivity contribution in [1.82, 2.24) is 19.9 Å². The van der Waals surface area contributed by atoms with E-state index in [1.807, 2.05) is 30.3 Å². The van der Waals surface area contributed by atoms with Crippen molar-refractivity contribution in [2.45, 2.75) is 32.1 Å². The third-order valence-electron chi connectivity index (χ3n) is 5.09. The summed E-state index contributed by atoms with van der Waals surface area (Å²) in [6, 6.07) is 12.9. The number of pyridine rings is 1. The van der Waals surface area contributed by atoms with Crippen LogP contribution in [0, 0.1) is 0 Å². The van der Waals surface area contributed by atoms with E-state index in [9.17, 15) is 4.79 Å². The lowest BCUT2D eigenvalue weighted by Gasteiger charge is -2.22. The molecule has 0 aliphatic rings. The van der Waals surface area contributed by atoms with Gasteiger partial charge in [0.05, 0.1) is 19.1 Å². The summed E-state index contributed by atoms with van der Waals surface area (Å²) in [6.07, 6.45) is 9.24. The van der Waals surface area contributed by atoms with Crippen LogP contribution in [0.5, 0.6) is 5.75 Å². The Morgan fingerprint density at radius 2 is 1.97 bits per heavy atom. The third kappa shape index (κ3) is 6.66. The molecule has 0 spiro atoms. The second kappa shape index (κ2) is 12.2. The van der Waals surface area contributed by atoms with Crippen molar-refractivity contribution in [3.05, 3.63) is 78.1 Å². The van der Waals surface area contributed by atoms with Gasteiger partial charge >= 0.3 is 0 Å². The number of ether oxygens (including phenoxy) is 1. The molecule has 1 aromatic carbocycles. The van der Waals surface area contributed by atoms with Crippen LogP contribution in [0.4, 0.5) is 0 Å². The van der Waals surface area contributed by atoms with Crippen molar-refractivity contribution < 1.29 is 9.53 Å². The number of carbonyl (C=O) groups is 1. The highest BCUT2D eigenvalue weighted by Gasteiger charge is 2.19. The van der Waals surface area contributed by atoms with Gasteiger partial charge in [0.2, 0.25) is 0 Å². The van der Waals surface area contributed by atoms with E-state index in [4.69, 9.17) is 10.5 Å². The molecule has 0 saturated carbocycles. The minimum absolute atomic E-state index is 0.143. The van der Waals surface area contributed by atoms with Crippen molar-refractivity contribution >= 4 is 11.9 Å². The number of imidazole rings is 1. The van der Waals surface area contributed by atoms with E-state index in [1.165, 1.54) is 0 Å². The molecule has 3 N–H and O–H groups in total. The monoisotopic (exact) mass is 434 g/mol.